The van der Waals surface area contributed by atoms with Crippen molar-refractivity contribution in [2.75, 3.05) is 5.32 Å². The van der Waals surface area contributed by atoms with Crippen molar-refractivity contribution in [1.29, 1.82) is 0 Å². The van der Waals surface area contributed by atoms with Crippen molar-refractivity contribution in [3.63, 3.8) is 0 Å². The highest BCUT2D eigenvalue weighted by molar-refractivity contribution is 6.30. The Hall–Kier alpha value is -2.54. The van der Waals surface area contributed by atoms with Crippen LogP contribution in [0.2, 0.25) is 5.02 Å². The molecule has 1 amide bonds. The first-order valence-corrected chi connectivity index (χ1v) is 6.83. The van der Waals surface area contributed by atoms with Crippen molar-refractivity contribution in [3.8, 4) is 0 Å². The summed E-state index contributed by atoms with van der Waals surface area (Å²) in [5.41, 5.74) is 6.42. The lowest BCUT2D eigenvalue weighted by molar-refractivity contribution is -0.126. The number of hydrogen-bond donors (Lipinski definition) is 2. The number of carbonyl (C=O) groups excluding carboxylic acids is 1. The molecular formula is C14H15ClN4O3. The van der Waals surface area contributed by atoms with Gasteiger partial charge >= 0.3 is 0 Å². The van der Waals surface area contributed by atoms with Gasteiger partial charge in [-0.05, 0) is 38.1 Å². The van der Waals surface area contributed by atoms with Gasteiger partial charge in [-0.15, -0.1) is 0 Å². The Morgan fingerprint density at radius 2 is 2.14 bits per heavy atom. The van der Waals surface area contributed by atoms with Crippen LogP contribution in [-0.2, 0) is 9.63 Å². The Balaban J connectivity index is 1.93. The van der Waals surface area contributed by atoms with Crippen LogP contribution in [-0.4, -0.2) is 23.0 Å². The summed E-state index contributed by atoms with van der Waals surface area (Å²) in [5, 5.41) is 10.5. The number of oxime groups is 1. The van der Waals surface area contributed by atoms with Crippen LogP contribution in [0.3, 0.4) is 0 Å². The fourth-order valence-electron chi connectivity index (χ4n) is 1.51. The Morgan fingerprint density at radius 1 is 1.45 bits per heavy atom. The molecule has 0 aliphatic heterocycles. The molecule has 1 unspecified atom stereocenters. The second-order valence-electron chi connectivity index (χ2n) is 4.54. The summed E-state index contributed by atoms with van der Waals surface area (Å²) < 4.78 is 4.85. The third-order valence-corrected chi connectivity index (χ3v) is 2.95. The van der Waals surface area contributed by atoms with Crippen molar-refractivity contribution >= 4 is 29.2 Å². The van der Waals surface area contributed by atoms with Gasteiger partial charge in [0.25, 0.3) is 5.91 Å². The molecule has 1 atom stereocenters. The molecule has 0 bridgehead atoms. The van der Waals surface area contributed by atoms with Gasteiger partial charge in [-0.25, -0.2) is 0 Å². The number of halogens is 1. The molecule has 7 nitrogen and oxygen atoms in total. The maximum absolute atomic E-state index is 11.9. The molecule has 1 heterocycles. The van der Waals surface area contributed by atoms with Crippen LogP contribution in [0.15, 0.2) is 40.0 Å². The largest absolute Gasteiger partial charge is 0.381 e. The van der Waals surface area contributed by atoms with Gasteiger partial charge in [0.2, 0.25) is 6.10 Å². The van der Waals surface area contributed by atoms with Gasteiger partial charge in [0.1, 0.15) is 5.76 Å². The number of amides is 1. The predicted octanol–water partition coefficient (Wildman–Crippen LogP) is 2.30. The molecule has 0 aliphatic rings. The SMILES string of the molecule is Cc1cc(NC(=O)C(C)ON=C(N)c2ccc(Cl)cc2)no1. The van der Waals surface area contributed by atoms with Gasteiger partial charge in [0.05, 0.1) is 0 Å². The summed E-state index contributed by atoms with van der Waals surface area (Å²) in [5.74, 6) is 0.635. The van der Waals surface area contributed by atoms with Crippen LogP contribution >= 0.6 is 11.6 Å². The average Bonchev–Trinajstić information content (AvgIpc) is 2.90. The van der Waals surface area contributed by atoms with E-state index in [0.717, 1.165) is 0 Å². The lowest BCUT2D eigenvalue weighted by atomic mass is 10.2. The third kappa shape index (κ3) is 4.23. The second-order valence-corrected chi connectivity index (χ2v) is 4.98. The van der Waals surface area contributed by atoms with E-state index in [1.54, 1.807) is 44.2 Å². The normalized spacial score (nSPS) is 12.8. The molecule has 8 heteroatoms. The maximum atomic E-state index is 11.9. The van der Waals surface area contributed by atoms with Gasteiger partial charge < -0.3 is 20.4 Å². The fraction of sp³-hybridized carbons (Fsp3) is 0.214. The predicted molar refractivity (Wildman–Crippen MR) is 82.6 cm³/mol. The van der Waals surface area contributed by atoms with E-state index in [4.69, 9.17) is 26.7 Å². The summed E-state index contributed by atoms with van der Waals surface area (Å²) in [6.07, 6.45) is -0.845. The lowest BCUT2D eigenvalue weighted by Gasteiger charge is -2.09. The first-order chi connectivity index (χ1) is 10.5. The first kappa shape index (κ1) is 15.8. The number of aromatic nitrogens is 1. The molecule has 116 valence electrons. The van der Waals surface area contributed by atoms with Crippen molar-refractivity contribution in [2.24, 2.45) is 10.9 Å². The number of hydrogen-bond acceptors (Lipinski definition) is 5. The number of nitrogens with one attached hydrogen (secondary N) is 1. The highest BCUT2D eigenvalue weighted by atomic mass is 35.5. The molecule has 2 aromatic rings. The topological polar surface area (TPSA) is 103 Å². The summed E-state index contributed by atoms with van der Waals surface area (Å²) in [7, 11) is 0. The Labute approximate surface area is 132 Å². The van der Waals surface area contributed by atoms with Gasteiger partial charge in [-0.2, -0.15) is 0 Å². The third-order valence-electron chi connectivity index (χ3n) is 2.70. The molecule has 0 aliphatic carbocycles. The van der Waals surface area contributed by atoms with E-state index < -0.39 is 12.0 Å². The van der Waals surface area contributed by atoms with Crippen LogP contribution in [0.5, 0.6) is 0 Å². The second kappa shape index (κ2) is 6.95. The van der Waals surface area contributed by atoms with E-state index in [2.05, 4.69) is 15.6 Å². The van der Waals surface area contributed by atoms with E-state index in [-0.39, 0.29) is 5.84 Å². The number of nitrogens with zero attached hydrogens (tertiary/aromatic N) is 2. The lowest BCUT2D eigenvalue weighted by Crippen LogP contribution is -2.27. The molecule has 2 rings (SSSR count). The summed E-state index contributed by atoms with van der Waals surface area (Å²) >= 11 is 5.79. The van der Waals surface area contributed by atoms with Gasteiger partial charge in [-0.1, -0.05) is 21.9 Å². The minimum absolute atomic E-state index is 0.147. The molecular weight excluding hydrogens is 308 g/mol. The zero-order valence-corrected chi connectivity index (χ0v) is 12.8. The Morgan fingerprint density at radius 3 is 2.73 bits per heavy atom. The summed E-state index contributed by atoms with van der Waals surface area (Å²) in [6, 6.07) is 8.36. The maximum Gasteiger partial charge on any atom is 0.269 e. The zero-order chi connectivity index (χ0) is 16.1. The number of nitrogens with two attached hydrogens (primary N) is 1. The number of amidine groups is 1. The minimum atomic E-state index is -0.845. The van der Waals surface area contributed by atoms with E-state index in [1.807, 2.05) is 0 Å². The van der Waals surface area contributed by atoms with E-state index in [1.165, 1.54) is 0 Å². The van der Waals surface area contributed by atoms with Crippen molar-refractivity contribution in [3.05, 3.63) is 46.7 Å². The monoisotopic (exact) mass is 322 g/mol. The molecule has 0 radical (unpaired) electrons. The summed E-state index contributed by atoms with van der Waals surface area (Å²) in [4.78, 5) is 17.0. The molecule has 0 saturated carbocycles. The van der Waals surface area contributed by atoms with Gasteiger partial charge in [0, 0.05) is 16.7 Å². The molecule has 0 spiro atoms. The smallest absolute Gasteiger partial charge is 0.269 e. The standard InChI is InChI=1S/C14H15ClN4O3/c1-8-7-12(18-21-8)17-14(20)9(2)22-19-13(16)10-3-5-11(15)6-4-10/h3-7,9H,1-2H3,(H2,16,19)(H,17,18,20). The van der Waals surface area contributed by atoms with Crippen molar-refractivity contribution < 1.29 is 14.2 Å². The Kier molecular flexibility index (Phi) is 5.00. The number of aryl methyl sites for hydroxylation is 1. The van der Waals surface area contributed by atoms with Crippen LogP contribution < -0.4 is 11.1 Å². The number of rotatable bonds is 5. The molecule has 0 saturated heterocycles. The van der Waals surface area contributed by atoms with Crippen LogP contribution in [0, 0.1) is 6.92 Å². The quantitative estimate of drug-likeness (QED) is 0.499. The molecule has 22 heavy (non-hydrogen) atoms. The number of anilines is 1. The van der Waals surface area contributed by atoms with E-state index in [9.17, 15) is 4.79 Å². The van der Waals surface area contributed by atoms with E-state index in [0.29, 0.717) is 22.2 Å². The van der Waals surface area contributed by atoms with Crippen molar-refractivity contribution in [2.45, 2.75) is 20.0 Å². The summed E-state index contributed by atoms with van der Waals surface area (Å²) in [6.45, 7) is 3.26. The van der Waals surface area contributed by atoms with Crippen LogP contribution in [0.25, 0.3) is 0 Å². The van der Waals surface area contributed by atoms with Gasteiger partial charge in [-0.3, -0.25) is 4.79 Å². The van der Waals surface area contributed by atoms with Crippen LogP contribution in [0.4, 0.5) is 5.82 Å². The fourth-order valence-corrected chi connectivity index (χ4v) is 1.64. The molecule has 3 N–H and O–H groups in total. The molecule has 0 fully saturated rings. The minimum Gasteiger partial charge on any atom is -0.381 e. The van der Waals surface area contributed by atoms with Gasteiger partial charge in [0.15, 0.2) is 11.7 Å². The number of carbonyl (C=O) groups is 1. The van der Waals surface area contributed by atoms with Crippen molar-refractivity contribution in [1.82, 2.24) is 5.16 Å². The van der Waals surface area contributed by atoms with E-state index >= 15 is 0 Å². The van der Waals surface area contributed by atoms with Crippen LogP contribution in [0.1, 0.15) is 18.2 Å². The highest BCUT2D eigenvalue weighted by Crippen LogP contribution is 2.10. The number of benzene rings is 1. The molecule has 1 aromatic carbocycles. The highest BCUT2D eigenvalue weighted by Gasteiger charge is 2.16. The molecule has 1 aromatic heterocycles. The first-order valence-electron chi connectivity index (χ1n) is 6.45. The average molecular weight is 323 g/mol. The zero-order valence-electron chi connectivity index (χ0n) is 12.0. The Bertz CT molecular complexity index is 682.